The predicted molar refractivity (Wildman–Crippen MR) is 121 cm³/mol. The maximum atomic E-state index is 14.9. The molecule has 0 fully saturated rings. The second-order valence-electron chi connectivity index (χ2n) is 7.69. The van der Waals surface area contributed by atoms with Crippen LogP contribution in [0.4, 0.5) is 23.7 Å². The van der Waals surface area contributed by atoms with Crippen molar-refractivity contribution >= 4 is 29.4 Å². The Morgan fingerprint density at radius 2 is 1.56 bits per heavy atom. The highest BCUT2D eigenvalue weighted by molar-refractivity contribution is 8.03. The van der Waals surface area contributed by atoms with Crippen molar-refractivity contribution in [3.8, 4) is 0 Å². The molecule has 0 saturated carbocycles. The molecule has 0 spiro atoms. The van der Waals surface area contributed by atoms with E-state index in [2.05, 4.69) is 5.32 Å². The van der Waals surface area contributed by atoms with Gasteiger partial charge in [-0.3, -0.25) is 4.90 Å². The molecule has 2 aliphatic rings. The number of amides is 2. The molecule has 9 heteroatoms. The van der Waals surface area contributed by atoms with E-state index in [4.69, 9.17) is 4.74 Å². The fourth-order valence-corrected chi connectivity index (χ4v) is 5.34. The number of urea groups is 1. The summed E-state index contributed by atoms with van der Waals surface area (Å²) >= 11 is 0.939. The van der Waals surface area contributed by atoms with Gasteiger partial charge in [-0.25, -0.2) is 9.59 Å². The monoisotopic (exact) mass is 482 g/mol. The summed E-state index contributed by atoms with van der Waals surface area (Å²) in [5.74, 6) is -1.16. The van der Waals surface area contributed by atoms with E-state index in [9.17, 15) is 22.8 Å². The van der Waals surface area contributed by atoms with Gasteiger partial charge in [0.15, 0.2) is 5.54 Å². The van der Waals surface area contributed by atoms with Gasteiger partial charge >= 0.3 is 18.2 Å². The second kappa shape index (κ2) is 8.25. The minimum absolute atomic E-state index is 0.121. The Hall–Kier alpha value is -3.72. The lowest BCUT2D eigenvalue weighted by Gasteiger charge is -2.43. The summed E-state index contributed by atoms with van der Waals surface area (Å²) in [5, 5.41) is 2.00. The molecule has 0 aromatic heterocycles. The number of esters is 1. The average Bonchev–Trinajstić information content (AvgIpc) is 3.22. The number of anilines is 1. The number of carbonyl (C=O) groups is 2. The number of ether oxygens (including phenoxy) is 1. The molecule has 2 amide bonds. The van der Waals surface area contributed by atoms with Crippen LogP contribution in [-0.2, 0) is 21.7 Å². The number of halogens is 3. The highest BCUT2D eigenvalue weighted by Crippen LogP contribution is 2.56. The summed E-state index contributed by atoms with van der Waals surface area (Å²) in [6.07, 6.45) is -5.04. The molecule has 1 N–H and O–H groups in total. The molecule has 5 nitrogen and oxygen atoms in total. The van der Waals surface area contributed by atoms with E-state index in [0.717, 1.165) is 16.7 Å². The van der Waals surface area contributed by atoms with Crippen molar-refractivity contribution in [2.24, 2.45) is 0 Å². The van der Waals surface area contributed by atoms with E-state index in [1.807, 2.05) is 0 Å². The maximum Gasteiger partial charge on any atom is 0.420 e. The largest absolute Gasteiger partial charge is 0.457 e. The first-order valence-corrected chi connectivity index (χ1v) is 11.1. The quantitative estimate of drug-likeness (QED) is 0.482. The Balaban J connectivity index is 1.71. The van der Waals surface area contributed by atoms with Crippen molar-refractivity contribution in [3.63, 3.8) is 0 Å². The zero-order chi connectivity index (χ0) is 23.9. The molecule has 5 rings (SSSR count). The van der Waals surface area contributed by atoms with Gasteiger partial charge in [0.2, 0.25) is 0 Å². The van der Waals surface area contributed by atoms with Gasteiger partial charge in [-0.15, -0.1) is 0 Å². The highest BCUT2D eigenvalue weighted by Gasteiger charge is 2.66. The highest BCUT2D eigenvalue weighted by atomic mass is 32.2. The molecule has 2 heterocycles. The Morgan fingerprint density at radius 3 is 2.24 bits per heavy atom. The lowest BCUT2D eigenvalue weighted by molar-refractivity contribution is -0.190. The van der Waals surface area contributed by atoms with Gasteiger partial charge in [0.25, 0.3) is 0 Å². The van der Waals surface area contributed by atoms with Crippen molar-refractivity contribution in [1.82, 2.24) is 5.32 Å². The van der Waals surface area contributed by atoms with Crippen molar-refractivity contribution in [2.75, 3.05) is 4.90 Å². The van der Waals surface area contributed by atoms with Gasteiger partial charge < -0.3 is 10.1 Å². The molecule has 172 valence electrons. The molecular formula is C25H17F3N2O3S. The van der Waals surface area contributed by atoms with Crippen molar-refractivity contribution < 1.29 is 27.5 Å². The van der Waals surface area contributed by atoms with Crippen LogP contribution in [0.1, 0.15) is 11.1 Å². The first-order chi connectivity index (χ1) is 16.3. The molecule has 0 saturated heterocycles. The van der Waals surface area contributed by atoms with Crippen LogP contribution < -0.4 is 10.2 Å². The summed E-state index contributed by atoms with van der Waals surface area (Å²) in [6.45, 7) is -0.218. The van der Waals surface area contributed by atoms with Gasteiger partial charge in [0.05, 0.1) is 5.69 Å². The van der Waals surface area contributed by atoms with E-state index in [1.165, 1.54) is 24.3 Å². The minimum atomic E-state index is -5.04. The first kappa shape index (κ1) is 22.1. The van der Waals surface area contributed by atoms with Crippen molar-refractivity contribution in [2.45, 2.75) is 23.2 Å². The number of nitrogens with one attached hydrogen (secondary N) is 1. The Morgan fingerprint density at radius 1 is 0.941 bits per heavy atom. The molecular weight excluding hydrogens is 465 g/mol. The van der Waals surface area contributed by atoms with Crippen LogP contribution in [0.3, 0.4) is 0 Å². The number of alkyl halides is 3. The van der Waals surface area contributed by atoms with Gasteiger partial charge in [-0.1, -0.05) is 84.6 Å². The summed E-state index contributed by atoms with van der Waals surface area (Å²) in [7, 11) is 0. The fourth-order valence-electron chi connectivity index (χ4n) is 4.11. The molecule has 0 aliphatic carbocycles. The third-order valence-corrected chi connectivity index (χ3v) is 6.80. The van der Waals surface area contributed by atoms with Crippen LogP contribution >= 0.6 is 11.8 Å². The van der Waals surface area contributed by atoms with Gasteiger partial charge in [-0.05, 0) is 23.3 Å². The number of carbonyl (C=O) groups excluding carboxylic acids is 2. The van der Waals surface area contributed by atoms with Gasteiger partial charge in [0.1, 0.15) is 17.2 Å². The Labute approximate surface area is 197 Å². The Kier molecular flexibility index (Phi) is 5.36. The van der Waals surface area contributed by atoms with Gasteiger partial charge in [-0.2, -0.15) is 13.2 Å². The smallest absolute Gasteiger partial charge is 0.420 e. The van der Waals surface area contributed by atoms with Gasteiger partial charge in [0, 0.05) is 4.90 Å². The van der Waals surface area contributed by atoms with E-state index < -0.39 is 29.3 Å². The summed E-state index contributed by atoms with van der Waals surface area (Å²) in [5.41, 5.74) is -3.02. The van der Waals surface area contributed by atoms with Crippen molar-refractivity contribution in [1.29, 1.82) is 0 Å². The number of hydrogen-bond acceptors (Lipinski definition) is 4. The third-order valence-electron chi connectivity index (χ3n) is 5.65. The summed E-state index contributed by atoms with van der Waals surface area (Å²) in [6, 6.07) is 21.3. The molecule has 3 aromatic carbocycles. The summed E-state index contributed by atoms with van der Waals surface area (Å²) in [4.78, 5) is 28.2. The maximum absolute atomic E-state index is 14.9. The number of benzene rings is 3. The molecule has 2 aliphatic heterocycles. The van der Waals surface area contributed by atoms with Crippen LogP contribution in [0.25, 0.3) is 0 Å². The SMILES string of the molecule is O=C(OCc1ccccc1)C1=C2Sc3ccccc3N2C(=O)N[C@@]1(c1ccccc1)C(F)(F)F. The predicted octanol–water partition coefficient (Wildman–Crippen LogP) is 5.73. The molecule has 0 unspecified atom stereocenters. The van der Waals surface area contributed by atoms with Crippen LogP contribution in [-0.4, -0.2) is 18.2 Å². The standard InChI is InChI=1S/C25H17F3N2O3S/c26-25(27,28)24(17-11-5-2-6-12-17)20(22(31)33-15-16-9-3-1-4-10-16)21-30(23(32)29-24)18-13-7-8-14-19(18)34-21/h1-14H,15H2,(H,29,32)/t24-/m1/s1. The number of rotatable bonds is 4. The van der Waals surface area contributed by atoms with Crippen LogP contribution in [0.15, 0.2) is 100 Å². The number of para-hydroxylation sites is 1. The van der Waals surface area contributed by atoms with E-state index in [-0.39, 0.29) is 17.2 Å². The van der Waals surface area contributed by atoms with Crippen LogP contribution in [0.2, 0.25) is 0 Å². The molecule has 0 radical (unpaired) electrons. The van der Waals surface area contributed by atoms with Crippen molar-refractivity contribution in [3.05, 3.63) is 107 Å². The number of fused-ring (bicyclic) bond motifs is 3. The van der Waals surface area contributed by atoms with E-state index in [1.54, 1.807) is 60.7 Å². The van der Waals surface area contributed by atoms with Crippen LogP contribution in [0.5, 0.6) is 0 Å². The molecule has 3 aromatic rings. The first-order valence-electron chi connectivity index (χ1n) is 10.3. The minimum Gasteiger partial charge on any atom is -0.457 e. The number of hydrogen-bond donors (Lipinski definition) is 1. The average molecular weight is 482 g/mol. The van der Waals surface area contributed by atoms with E-state index >= 15 is 0 Å². The van der Waals surface area contributed by atoms with Crippen LogP contribution in [0, 0.1) is 0 Å². The number of thioether (sulfide) groups is 1. The zero-order valence-corrected chi connectivity index (χ0v) is 18.3. The summed E-state index contributed by atoms with van der Waals surface area (Å²) < 4.78 is 50.2. The number of nitrogens with zero attached hydrogens (tertiary/aromatic N) is 1. The third kappa shape index (κ3) is 3.43. The fraction of sp³-hybridized carbons (Fsp3) is 0.120. The van der Waals surface area contributed by atoms with E-state index in [0.29, 0.717) is 16.1 Å². The Bertz CT molecular complexity index is 1300. The molecule has 1 atom stereocenters. The lowest BCUT2D eigenvalue weighted by atomic mass is 9.80. The topological polar surface area (TPSA) is 58.6 Å². The second-order valence-corrected chi connectivity index (χ2v) is 8.72. The zero-order valence-electron chi connectivity index (χ0n) is 17.5. The normalized spacial score (nSPS) is 19.4. The molecule has 0 bridgehead atoms. The lowest BCUT2D eigenvalue weighted by Crippen LogP contribution is -2.64. The molecule has 34 heavy (non-hydrogen) atoms.